The molecule has 1 aliphatic rings. The summed E-state index contributed by atoms with van der Waals surface area (Å²) in [6.07, 6.45) is -3.55. The van der Waals surface area contributed by atoms with E-state index in [1.165, 1.54) is 12.1 Å². The van der Waals surface area contributed by atoms with Crippen molar-refractivity contribution in [1.29, 1.82) is 0 Å². The predicted octanol–water partition coefficient (Wildman–Crippen LogP) is 3.79. The van der Waals surface area contributed by atoms with Crippen LogP contribution in [0.5, 0.6) is 11.5 Å². The fourth-order valence-electron chi connectivity index (χ4n) is 1.08. The van der Waals surface area contributed by atoms with E-state index < -0.39 is 15.9 Å². The fraction of sp³-hybridized carbons (Fsp3) is 0.250. The maximum atomic E-state index is 12.5. The van der Waals surface area contributed by atoms with Crippen molar-refractivity contribution in [2.45, 2.75) is 12.2 Å². The van der Waals surface area contributed by atoms with Gasteiger partial charge in [0, 0.05) is 5.88 Å². The normalized spacial score (nSPS) is 15.5. The van der Waals surface area contributed by atoms with Crippen LogP contribution in [-0.4, -0.2) is 10.8 Å². The zero-order valence-electron chi connectivity index (χ0n) is 7.96. The Labute approximate surface area is 113 Å². The monoisotopic (exact) mass is 324 g/mol. The van der Waals surface area contributed by atoms with E-state index in [0.717, 1.165) is 0 Å². The quantitative estimate of drug-likeness (QED) is 0.583. The molecule has 0 bridgehead atoms. The van der Waals surface area contributed by atoms with Gasteiger partial charge in [-0.15, -0.1) is 20.4 Å². The van der Waals surface area contributed by atoms with Crippen LogP contribution in [0.3, 0.4) is 0 Å². The topological polar surface area (TPSA) is 41.5 Å². The molecule has 1 aromatic carbocycles. The molecule has 0 saturated carbocycles. The first kappa shape index (κ1) is 14.9. The Kier molecular flexibility index (Phi) is 5.40. The van der Waals surface area contributed by atoms with E-state index >= 15 is 0 Å². The standard InChI is InChI=1S/C8H5ClF2O2.Cl2OS/c9-4-5-1-2-6-7(3-5)13-8(10,11)12-6;1-4(2)3/h1-3H,4H2;. The van der Waals surface area contributed by atoms with Crippen molar-refractivity contribution in [3.8, 4) is 11.5 Å². The van der Waals surface area contributed by atoms with E-state index in [4.69, 9.17) is 16.2 Å². The van der Waals surface area contributed by atoms with Crippen molar-refractivity contribution in [2.75, 3.05) is 0 Å². The molecule has 1 heterocycles. The van der Waals surface area contributed by atoms with Gasteiger partial charge in [-0.2, -0.15) is 0 Å². The van der Waals surface area contributed by atoms with Crippen LogP contribution < -0.4 is 9.47 Å². The van der Waals surface area contributed by atoms with Gasteiger partial charge in [-0.05, 0) is 17.7 Å². The third-order valence-corrected chi connectivity index (χ3v) is 1.93. The average molecular weight is 326 g/mol. The number of benzene rings is 1. The van der Waals surface area contributed by atoms with Gasteiger partial charge in [0.15, 0.2) is 42.5 Å². The van der Waals surface area contributed by atoms with Crippen LogP contribution in [0.4, 0.5) is 8.78 Å². The van der Waals surface area contributed by atoms with Gasteiger partial charge in [0.05, 0.1) is 0 Å². The smallest absolute Gasteiger partial charge is 0.582 e. The van der Waals surface area contributed by atoms with Gasteiger partial charge in [-0.1, -0.05) is 6.07 Å². The van der Waals surface area contributed by atoms with Crippen molar-refractivity contribution < 1.29 is 22.8 Å². The molecular weight excluding hydrogens is 321 g/mol. The Bertz CT molecular complexity index is 390. The molecule has 1 aliphatic heterocycles. The van der Waals surface area contributed by atoms with Crippen molar-refractivity contribution in [3.63, 3.8) is 0 Å². The Hall–Kier alpha value is -0.140. The van der Waals surface area contributed by atoms with E-state index in [1.807, 2.05) is 0 Å². The van der Waals surface area contributed by atoms with Gasteiger partial charge in [0.2, 0.25) is 0 Å². The average Bonchev–Trinajstić information content (AvgIpc) is 2.49. The molecule has 0 aromatic heterocycles. The summed E-state index contributed by atoms with van der Waals surface area (Å²) in [6.45, 7) is 0. The molecule has 0 amide bonds. The van der Waals surface area contributed by atoms with Gasteiger partial charge >= 0.3 is 6.29 Å². The maximum absolute atomic E-state index is 12.5. The van der Waals surface area contributed by atoms with Crippen LogP contribution in [0, 0.1) is 0 Å². The van der Waals surface area contributed by atoms with Crippen LogP contribution in [0.15, 0.2) is 18.2 Å². The molecule has 0 N–H and O–H groups in total. The number of hydrogen-bond acceptors (Lipinski definition) is 3. The zero-order chi connectivity index (χ0) is 13.1. The van der Waals surface area contributed by atoms with Crippen molar-refractivity contribution in [2.24, 2.45) is 0 Å². The minimum atomic E-state index is -3.55. The minimum absolute atomic E-state index is 0.0307. The number of halogens is 5. The van der Waals surface area contributed by atoms with Crippen LogP contribution >= 0.6 is 33.0 Å². The summed E-state index contributed by atoms with van der Waals surface area (Å²) >= 11 is 5.52. The van der Waals surface area contributed by atoms with Crippen LogP contribution in [0.1, 0.15) is 5.56 Å². The lowest BCUT2D eigenvalue weighted by Gasteiger charge is -2.04. The van der Waals surface area contributed by atoms with Gasteiger partial charge in [0.1, 0.15) is 0 Å². The van der Waals surface area contributed by atoms with Crippen LogP contribution in [0.25, 0.3) is 0 Å². The first-order valence-corrected chi connectivity index (χ1v) is 7.37. The molecule has 2 rings (SSSR count). The van der Waals surface area contributed by atoms with Crippen LogP contribution in [-0.2, 0) is 15.5 Å². The molecule has 0 fully saturated rings. The number of hydrogen-bond donors (Lipinski definition) is 0. The van der Waals surface area contributed by atoms with Gasteiger partial charge < -0.3 is 14.0 Å². The highest BCUT2D eigenvalue weighted by molar-refractivity contribution is 8.31. The summed E-state index contributed by atoms with van der Waals surface area (Å²) in [5, 5.41) is 0. The summed E-state index contributed by atoms with van der Waals surface area (Å²) < 4.78 is 42.5. The number of rotatable bonds is 1. The summed E-state index contributed by atoms with van der Waals surface area (Å²) in [5.41, 5.74) is 0.710. The van der Waals surface area contributed by atoms with E-state index in [2.05, 4.69) is 30.8 Å². The Morgan fingerprint density at radius 2 is 1.76 bits per heavy atom. The SMILES string of the molecule is FC1(F)Oc2ccc(CCl)cc2O1.[O-][S+](Cl)Cl. The second kappa shape index (κ2) is 6.15. The number of alkyl halides is 3. The first-order chi connectivity index (χ1) is 7.84. The van der Waals surface area contributed by atoms with Crippen molar-refractivity contribution in [3.05, 3.63) is 23.8 Å². The minimum Gasteiger partial charge on any atom is -0.582 e. The van der Waals surface area contributed by atoms with Crippen molar-refractivity contribution >= 4 is 42.6 Å². The second-order valence-electron chi connectivity index (χ2n) is 2.77. The van der Waals surface area contributed by atoms with E-state index in [0.29, 0.717) is 5.56 Å². The number of fused-ring (bicyclic) bond motifs is 1. The summed E-state index contributed by atoms with van der Waals surface area (Å²) in [6, 6.07) is 4.45. The molecule has 9 heteroatoms. The molecule has 0 radical (unpaired) electrons. The lowest BCUT2D eigenvalue weighted by molar-refractivity contribution is -0.286. The van der Waals surface area contributed by atoms with E-state index in [-0.39, 0.29) is 17.4 Å². The fourth-order valence-corrected chi connectivity index (χ4v) is 1.24. The zero-order valence-corrected chi connectivity index (χ0v) is 11.0. The lowest BCUT2D eigenvalue weighted by atomic mass is 10.2. The van der Waals surface area contributed by atoms with E-state index in [1.54, 1.807) is 6.07 Å². The summed E-state index contributed by atoms with van der Waals surface area (Å²) in [7, 11) is 7.36. The van der Waals surface area contributed by atoms with Gasteiger partial charge in [-0.25, -0.2) is 0 Å². The molecule has 0 aliphatic carbocycles. The molecule has 17 heavy (non-hydrogen) atoms. The Morgan fingerprint density at radius 3 is 2.29 bits per heavy atom. The maximum Gasteiger partial charge on any atom is 0.586 e. The largest absolute Gasteiger partial charge is 0.586 e. The van der Waals surface area contributed by atoms with E-state index in [9.17, 15) is 8.78 Å². The van der Waals surface area contributed by atoms with Gasteiger partial charge in [-0.3, -0.25) is 0 Å². The van der Waals surface area contributed by atoms with Gasteiger partial charge in [0.25, 0.3) is 0 Å². The molecular formula is C8H5Cl3F2O3S. The molecule has 3 nitrogen and oxygen atoms in total. The molecule has 0 saturated heterocycles. The first-order valence-electron chi connectivity index (χ1n) is 4.03. The lowest BCUT2D eigenvalue weighted by Crippen LogP contribution is -2.25. The summed E-state index contributed by atoms with van der Waals surface area (Å²) in [4.78, 5) is 0. The highest BCUT2D eigenvalue weighted by Crippen LogP contribution is 2.41. The highest BCUT2D eigenvalue weighted by Gasteiger charge is 2.43. The molecule has 0 unspecified atom stereocenters. The third-order valence-electron chi connectivity index (χ3n) is 1.62. The number of ether oxygens (including phenoxy) is 2. The predicted molar refractivity (Wildman–Crippen MR) is 62.1 cm³/mol. The Morgan fingerprint density at radius 1 is 1.24 bits per heavy atom. The Balaban J connectivity index is 0.000000317. The van der Waals surface area contributed by atoms with Crippen molar-refractivity contribution in [1.82, 2.24) is 0 Å². The highest BCUT2D eigenvalue weighted by atomic mass is 36.0. The molecule has 0 atom stereocenters. The summed E-state index contributed by atoms with van der Waals surface area (Å²) in [5.74, 6) is 0.324. The second-order valence-corrected chi connectivity index (χ2v) is 5.56. The van der Waals surface area contributed by atoms with Crippen LogP contribution in [0.2, 0.25) is 0 Å². The third kappa shape index (κ3) is 4.93. The molecule has 0 spiro atoms. The molecule has 1 aromatic rings. The molecule has 96 valence electrons.